The Kier molecular flexibility index (Phi) is 2.86. The molecule has 1 heterocycles. The lowest BCUT2D eigenvalue weighted by Gasteiger charge is -2.11. The Morgan fingerprint density at radius 3 is 2.33 bits per heavy atom. The van der Waals surface area contributed by atoms with E-state index in [1.165, 1.54) is 30.3 Å². The molecule has 0 fully saturated rings. The number of rotatable bonds is 2. The van der Waals surface area contributed by atoms with Gasteiger partial charge >= 0.3 is 12.1 Å². The number of H-pyrrole nitrogens is 1. The van der Waals surface area contributed by atoms with Crippen LogP contribution in [0.1, 0.15) is 16.1 Å². The van der Waals surface area contributed by atoms with Crippen molar-refractivity contribution in [3.63, 3.8) is 0 Å². The van der Waals surface area contributed by atoms with E-state index in [4.69, 9.17) is 5.11 Å². The minimum atomic E-state index is -4.48. The van der Waals surface area contributed by atoms with Crippen molar-refractivity contribution in [2.45, 2.75) is 6.18 Å². The van der Waals surface area contributed by atoms with Gasteiger partial charge in [0, 0.05) is 11.3 Å². The average molecular weight is 255 g/mol. The lowest BCUT2D eigenvalue weighted by Crippen LogP contribution is -2.07. The number of aromatic carboxylic acids is 1. The van der Waals surface area contributed by atoms with Crippen LogP contribution in [0.25, 0.3) is 11.3 Å². The van der Waals surface area contributed by atoms with Crippen molar-refractivity contribution >= 4 is 5.97 Å². The van der Waals surface area contributed by atoms with Crippen molar-refractivity contribution in [3.05, 3.63) is 47.7 Å². The maximum Gasteiger partial charge on any atom is 0.417 e. The molecule has 0 unspecified atom stereocenters. The second-order valence-corrected chi connectivity index (χ2v) is 3.63. The Bertz CT molecular complexity index is 587. The summed E-state index contributed by atoms with van der Waals surface area (Å²) in [6.45, 7) is 0. The van der Waals surface area contributed by atoms with Crippen LogP contribution in [0.15, 0.2) is 36.4 Å². The Labute approximate surface area is 99.9 Å². The molecule has 0 aliphatic rings. The van der Waals surface area contributed by atoms with Crippen molar-refractivity contribution in [3.8, 4) is 11.3 Å². The molecule has 0 bridgehead atoms. The summed E-state index contributed by atoms with van der Waals surface area (Å²) in [7, 11) is 0. The number of hydrogen-bond acceptors (Lipinski definition) is 1. The van der Waals surface area contributed by atoms with E-state index >= 15 is 0 Å². The third-order valence-electron chi connectivity index (χ3n) is 2.44. The molecular formula is C12H8F3NO2. The molecule has 3 nitrogen and oxygen atoms in total. The quantitative estimate of drug-likeness (QED) is 0.864. The van der Waals surface area contributed by atoms with Gasteiger partial charge in [-0.2, -0.15) is 13.2 Å². The second kappa shape index (κ2) is 4.21. The normalized spacial score (nSPS) is 11.5. The number of nitrogens with one attached hydrogen (secondary N) is 1. The van der Waals surface area contributed by atoms with Crippen LogP contribution in [0.2, 0.25) is 0 Å². The zero-order valence-electron chi connectivity index (χ0n) is 8.95. The molecule has 18 heavy (non-hydrogen) atoms. The van der Waals surface area contributed by atoms with Crippen LogP contribution in [0.5, 0.6) is 0 Å². The molecule has 1 aromatic heterocycles. The van der Waals surface area contributed by atoms with Crippen molar-refractivity contribution in [1.82, 2.24) is 4.98 Å². The molecule has 0 amide bonds. The molecule has 0 aliphatic heterocycles. The molecule has 94 valence electrons. The third-order valence-corrected chi connectivity index (χ3v) is 2.44. The summed E-state index contributed by atoms with van der Waals surface area (Å²) in [5, 5.41) is 8.72. The van der Waals surface area contributed by atoms with Crippen LogP contribution in [0, 0.1) is 0 Å². The number of carboxylic acid groups (broad SMARTS) is 1. The zero-order chi connectivity index (χ0) is 13.3. The Morgan fingerprint density at radius 2 is 1.78 bits per heavy atom. The van der Waals surface area contributed by atoms with E-state index in [0.29, 0.717) is 0 Å². The lowest BCUT2D eigenvalue weighted by molar-refractivity contribution is -0.137. The van der Waals surface area contributed by atoms with Gasteiger partial charge in [0.05, 0.1) is 5.56 Å². The van der Waals surface area contributed by atoms with Gasteiger partial charge in [0.25, 0.3) is 0 Å². The van der Waals surface area contributed by atoms with Crippen LogP contribution in [0.4, 0.5) is 13.2 Å². The van der Waals surface area contributed by atoms with Gasteiger partial charge in [-0.25, -0.2) is 4.79 Å². The van der Waals surface area contributed by atoms with Crippen molar-refractivity contribution in [1.29, 1.82) is 0 Å². The number of halogens is 3. The second-order valence-electron chi connectivity index (χ2n) is 3.63. The predicted octanol–water partition coefficient (Wildman–Crippen LogP) is 3.40. The summed E-state index contributed by atoms with van der Waals surface area (Å²) in [5.74, 6) is -1.22. The van der Waals surface area contributed by atoms with Crippen molar-refractivity contribution in [2.24, 2.45) is 0 Å². The van der Waals surface area contributed by atoms with E-state index in [-0.39, 0.29) is 17.0 Å². The van der Waals surface area contributed by atoms with E-state index in [0.717, 1.165) is 6.07 Å². The number of carboxylic acids is 1. The molecular weight excluding hydrogens is 247 g/mol. The van der Waals surface area contributed by atoms with Crippen LogP contribution < -0.4 is 0 Å². The van der Waals surface area contributed by atoms with E-state index in [9.17, 15) is 18.0 Å². The SMILES string of the molecule is O=C(O)c1ccc(-c2ccccc2C(F)(F)F)[nH]1. The van der Waals surface area contributed by atoms with Gasteiger partial charge < -0.3 is 10.1 Å². The average Bonchev–Trinajstić information content (AvgIpc) is 2.77. The standard InChI is InChI=1S/C12H8F3NO2/c13-12(14,15)8-4-2-1-3-7(8)9-5-6-10(16-9)11(17)18/h1-6,16H,(H,17,18). The molecule has 6 heteroatoms. The van der Waals surface area contributed by atoms with E-state index < -0.39 is 17.7 Å². The van der Waals surface area contributed by atoms with Crippen molar-refractivity contribution < 1.29 is 23.1 Å². The summed E-state index contributed by atoms with van der Waals surface area (Å²) in [4.78, 5) is 13.1. The summed E-state index contributed by atoms with van der Waals surface area (Å²) in [5.41, 5.74) is -0.899. The lowest BCUT2D eigenvalue weighted by atomic mass is 10.0. The first kappa shape index (κ1) is 12.2. The minimum Gasteiger partial charge on any atom is -0.477 e. The molecule has 0 radical (unpaired) electrons. The highest BCUT2D eigenvalue weighted by atomic mass is 19.4. The maximum atomic E-state index is 12.8. The highest BCUT2D eigenvalue weighted by Gasteiger charge is 2.33. The van der Waals surface area contributed by atoms with Gasteiger partial charge in [0.2, 0.25) is 0 Å². The summed E-state index contributed by atoms with van der Waals surface area (Å²) in [6.07, 6.45) is -4.48. The minimum absolute atomic E-state index is 0.0718. The summed E-state index contributed by atoms with van der Waals surface area (Å²) >= 11 is 0. The predicted molar refractivity (Wildman–Crippen MR) is 58.2 cm³/mol. The van der Waals surface area contributed by atoms with Gasteiger partial charge in [-0.05, 0) is 18.2 Å². The molecule has 0 saturated heterocycles. The molecule has 2 rings (SSSR count). The van der Waals surface area contributed by atoms with E-state index in [1.807, 2.05) is 0 Å². The summed E-state index contributed by atoms with van der Waals surface area (Å²) < 4.78 is 38.3. The monoisotopic (exact) mass is 255 g/mol. The number of alkyl halides is 3. The zero-order valence-corrected chi connectivity index (χ0v) is 8.95. The van der Waals surface area contributed by atoms with Gasteiger partial charge in [0.1, 0.15) is 5.69 Å². The number of benzene rings is 1. The van der Waals surface area contributed by atoms with Crippen LogP contribution in [-0.4, -0.2) is 16.1 Å². The summed E-state index contributed by atoms with van der Waals surface area (Å²) in [6, 6.07) is 7.54. The molecule has 0 aliphatic carbocycles. The fraction of sp³-hybridized carbons (Fsp3) is 0.0833. The molecule has 2 aromatic rings. The van der Waals surface area contributed by atoms with Gasteiger partial charge in [-0.3, -0.25) is 0 Å². The number of aromatic amines is 1. The molecule has 0 saturated carbocycles. The first-order valence-electron chi connectivity index (χ1n) is 4.98. The van der Waals surface area contributed by atoms with Crippen LogP contribution >= 0.6 is 0 Å². The number of aromatic nitrogens is 1. The molecule has 2 N–H and O–H groups in total. The smallest absolute Gasteiger partial charge is 0.417 e. The number of carbonyl (C=O) groups is 1. The molecule has 1 aromatic carbocycles. The Morgan fingerprint density at radius 1 is 1.11 bits per heavy atom. The number of hydrogen-bond donors (Lipinski definition) is 2. The van der Waals surface area contributed by atoms with Gasteiger partial charge in [-0.15, -0.1) is 0 Å². The first-order chi connectivity index (χ1) is 8.39. The fourth-order valence-electron chi connectivity index (χ4n) is 1.64. The fourth-order valence-corrected chi connectivity index (χ4v) is 1.64. The molecule has 0 spiro atoms. The van der Waals surface area contributed by atoms with E-state index in [1.54, 1.807) is 0 Å². The largest absolute Gasteiger partial charge is 0.477 e. The topological polar surface area (TPSA) is 53.1 Å². The van der Waals surface area contributed by atoms with Crippen molar-refractivity contribution in [2.75, 3.05) is 0 Å². The first-order valence-corrected chi connectivity index (χ1v) is 4.98. The van der Waals surface area contributed by atoms with Gasteiger partial charge in [-0.1, -0.05) is 18.2 Å². The van der Waals surface area contributed by atoms with Gasteiger partial charge in [0.15, 0.2) is 0 Å². The highest BCUT2D eigenvalue weighted by molar-refractivity contribution is 5.87. The maximum absolute atomic E-state index is 12.8. The Hall–Kier alpha value is -2.24. The Balaban J connectivity index is 2.53. The third kappa shape index (κ3) is 2.22. The van der Waals surface area contributed by atoms with Crippen LogP contribution in [-0.2, 0) is 6.18 Å². The highest BCUT2D eigenvalue weighted by Crippen LogP contribution is 2.36. The van der Waals surface area contributed by atoms with E-state index in [2.05, 4.69) is 4.98 Å². The van der Waals surface area contributed by atoms with Crippen LogP contribution in [0.3, 0.4) is 0 Å². The molecule has 0 atom stereocenters.